The highest BCUT2D eigenvalue weighted by atomic mass is 35.5. The number of carbonyl (C=O) groups is 2. The number of rotatable bonds is 4. The third-order valence-corrected chi connectivity index (χ3v) is 2.36. The Morgan fingerprint density at radius 3 is 2.69 bits per heavy atom. The lowest BCUT2D eigenvalue weighted by atomic mass is 10.1. The van der Waals surface area contributed by atoms with E-state index in [1.165, 1.54) is 25.3 Å². The predicted octanol–water partition coefficient (Wildman–Crippen LogP) is 2.15. The molecule has 0 unspecified atom stereocenters. The predicted molar refractivity (Wildman–Crippen MR) is 56.8 cm³/mol. The Bertz CT molecular complexity index is 397. The monoisotopic (exact) mass is 244 g/mol. The molecule has 0 spiro atoms. The molecule has 5 heteroatoms. The maximum absolute atomic E-state index is 13.3. The first-order valence-corrected chi connectivity index (χ1v) is 4.93. The summed E-state index contributed by atoms with van der Waals surface area (Å²) in [7, 11) is 1.19. The van der Waals surface area contributed by atoms with Gasteiger partial charge in [-0.3, -0.25) is 9.59 Å². The number of esters is 1. The largest absolute Gasteiger partial charge is 0.469 e. The zero-order valence-electron chi connectivity index (χ0n) is 8.63. The van der Waals surface area contributed by atoms with Crippen molar-refractivity contribution in [2.75, 3.05) is 7.11 Å². The van der Waals surface area contributed by atoms with E-state index in [9.17, 15) is 14.0 Å². The van der Waals surface area contributed by atoms with Gasteiger partial charge in [0, 0.05) is 17.0 Å². The van der Waals surface area contributed by atoms with Gasteiger partial charge in [0.15, 0.2) is 0 Å². The van der Waals surface area contributed by atoms with E-state index in [0.29, 0.717) is 0 Å². The van der Waals surface area contributed by atoms with Crippen LogP contribution in [0.4, 0.5) is 4.39 Å². The number of Topliss-reactive ketones (excluding diaryl/α,β-unsaturated/α-hetero) is 1. The van der Waals surface area contributed by atoms with Crippen molar-refractivity contribution in [1.82, 2.24) is 0 Å². The maximum atomic E-state index is 13.3. The molecule has 0 heterocycles. The van der Waals surface area contributed by atoms with Gasteiger partial charge in [0.2, 0.25) is 0 Å². The standard InChI is InChI=1S/C11H10ClFO3/c1-16-11(15)6-7(14)5-8-9(12)3-2-4-10(8)13/h2-4H,5-6H2,1H3. The molecule has 1 rings (SSSR count). The summed E-state index contributed by atoms with van der Waals surface area (Å²) in [6.45, 7) is 0. The molecule has 0 aliphatic heterocycles. The summed E-state index contributed by atoms with van der Waals surface area (Å²) in [6, 6.07) is 4.16. The van der Waals surface area contributed by atoms with Crippen LogP contribution < -0.4 is 0 Å². The molecule has 0 saturated carbocycles. The van der Waals surface area contributed by atoms with Crippen LogP contribution in [0.15, 0.2) is 18.2 Å². The van der Waals surface area contributed by atoms with Crippen LogP contribution in [0, 0.1) is 5.82 Å². The van der Waals surface area contributed by atoms with E-state index in [-0.39, 0.29) is 23.4 Å². The van der Waals surface area contributed by atoms with Gasteiger partial charge < -0.3 is 4.74 Å². The number of hydrogen-bond donors (Lipinski definition) is 0. The number of carbonyl (C=O) groups excluding carboxylic acids is 2. The molecular formula is C11H10ClFO3. The lowest BCUT2D eigenvalue weighted by Crippen LogP contribution is -2.12. The first kappa shape index (κ1) is 12.6. The molecule has 1 aromatic rings. The van der Waals surface area contributed by atoms with Gasteiger partial charge in [-0.1, -0.05) is 17.7 Å². The van der Waals surface area contributed by atoms with Crippen LogP contribution in [0.2, 0.25) is 5.02 Å². The van der Waals surface area contributed by atoms with Crippen LogP contribution >= 0.6 is 11.6 Å². The van der Waals surface area contributed by atoms with Gasteiger partial charge in [0.05, 0.1) is 7.11 Å². The lowest BCUT2D eigenvalue weighted by molar-refractivity contribution is -0.143. The van der Waals surface area contributed by atoms with Crippen molar-refractivity contribution < 1.29 is 18.7 Å². The van der Waals surface area contributed by atoms with Crippen molar-refractivity contribution in [3.63, 3.8) is 0 Å². The number of benzene rings is 1. The van der Waals surface area contributed by atoms with Gasteiger partial charge in [-0.2, -0.15) is 0 Å². The lowest BCUT2D eigenvalue weighted by Gasteiger charge is -2.04. The Morgan fingerprint density at radius 2 is 2.12 bits per heavy atom. The minimum Gasteiger partial charge on any atom is -0.469 e. The second kappa shape index (κ2) is 5.61. The Labute approximate surface area is 97.2 Å². The van der Waals surface area contributed by atoms with Gasteiger partial charge in [0.1, 0.15) is 18.0 Å². The van der Waals surface area contributed by atoms with E-state index in [4.69, 9.17) is 11.6 Å². The highest BCUT2D eigenvalue weighted by molar-refractivity contribution is 6.31. The molecule has 0 aliphatic rings. The molecule has 0 N–H and O–H groups in total. The van der Waals surface area contributed by atoms with Crippen molar-refractivity contribution in [2.45, 2.75) is 12.8 Å². The molecule has 0 aromatic heterocycles. The summed E-state index contributed by atoms with van der Waals surface area (Å²) in [5, 5.41) is 0.179. The van der Waals surface area contributed by atoms with Crippen LogP contribution in [0.5, 0.6) is 0 Å². The van der Waals surface area contributed by atoms with Crippen molar-refractivity contribution in [3.05, 3.63) is 34.6 Å². The maximum Gasteiger partial charge on any atom is 0.313 e. The minimum atomic E-state index is -0.641. The summed E-state index contributed by atoms with van der Waals surface area (Å²) >= 11 is 5.74. The molecule has 3 nitrogen and oxygen atoms in total. The van der Waals surface area contributed by atoms with Gasteiger partial charge in [-0.15, -0.1) is 0 Å². The zero-order valence-corrected chi connectivity index (χ0v) is 9.38. The second-order valence-electron chi connectivity index (χ2n) is 3.17. The number of methoxy groups -OCH3 is 1. The van der Waals surface area contributed by atoms with Gasteiger partial charge in [-0.05, 0) is 12.1 Å². The van der Waals surface area contributed by atoms with Crippen LogP contribution in [0.25, 0.3) is 0 Å². The summed E-state index contributed by atoms with van der Waals surface area (Å²) in [4.78, 5) is 22.2. The Hall–Kier alpha value is -1.42. The Morgan fingerprint density at radius 1 is 1.44 bits per heavy atom. The number of ether oxygens (including phenoxy) is 1. The Kier molecular flexibility index (Phi) is 4.43. The van der Waals surface area contributed by atoms with Gasteiger partial charge >= 0.3 is 5.97 Å². The smallest absolute Gasteiger partial charge is 0.313 e. The quantitative estimate of drug-likeness (QED) is 0.602. The number of hydrogen-bond acceptors (Lipinski definition) is 3. The molecule has 16 heavy (non-hydrogen) atoms. The minimum absolute atomic E-state index is 0.109. The van der Waals surface area contributed by atoms with Gasteiger partial charge in [-0.25, -0.2) is 4.39 Å². The molecule has 1 aromatic carbocycles. The van der Waals surface area contributed by atoms with E-state index in [1.807, 2.05) is 0 Å². The molecule has 0 aliphatic carbocycles. The molecule has 0 saturated heterocycles. The summed E-state index contributed by atoms with van der Waals surface area (Å²) in [5.74, 6) is -1.62. The van der Waals surface area contributed by atoms with Gasteiger partial charge in [0.25, 0.3) is 0 Å². The van der Waals surface area contributed by atoms with Crippen LogP contribution in [-0.4, -0.2) is 18.9 Å². The fourth-order valence-corrected chi connectivity index (χ4v) is 1.42. The third kappa shape index (κ3) is 3.31. The van der Waals surface area contributed by atoms with E-state index >= 15 is 0 Å². The molecule has 0 radical (unpaired) electrons. The first-order valence-electron chi connectivity index (χ1n) is 4.56. The third-order valence-electron chi connectivity index (χ3n) is 2.00. The number of ketones is 1. The second-order valence-corrected chi connectivity index (χ2v) is 3.58. The molecule has 86 valence electrons. The molecule has 0 bridgehead atoms. The molecule has 0 atom stereocenters. The fraction of sp³-hybridized carbons (Fsp3) is 0.273. The van der Waals surface area contributed by atoms with E-state index < -0.39 is 17.6 Å². The van der Waals surface area contributed by atoms with E-state index in [0.717, 1.165) is 0 Å². The zero-order chi connectivity index (χ0) is 12.1. The number of halogens is 2. The summed E-state index contributed by atoms with van der Waals surface area (Å²) < 4.78 is 17.6. The SMILES string of the molecule is COC(=O)CC(=O)Cc1c(F)cccc1Cl. The topological polar surface area (TPSA) is 43.4 Å². The molecule has 0 fully saturated rings. The average molecular weight is 245 g/mol. The van der Waals surface area contributed by atoms with E-state index in [2.05, 4.69) is 4.74 Å². The fourth-order valence-electron chi connectivity index (χ4n) is 1.19. The summed E-state index contributed by atoms with van der Waals surface area (Å²) in [6.07, 6.45) is -0.582. The van der Waals surface area contributed by atoms with Crippen molar-refractivity contribution in [1.29, 1.82) is 0 Å². The highest BCUT2D eigenvalue weighted by Crippen LogP contribution is 2.19. The first-order chi connectivity index (χ1) is 7.54. The summed E-state index contributed by atoms with van der Waals surface area (Å²) in [5.41, 5.74) is 0.109. The average Bonchev–Trinajstić information content (AvgIpc) is 2.23. The van der Waals surface area contributed by atoms with Crippen LogP contribution in [0.1, 0.15) is 12.0 Å². The van der Waals surface area contributed by atoms with Crippen molar-refractivity contribution in [3.8, 4) is 0 Å². The molecular weight excluding hydrogens is 235 g/mol. The van der Waals surface area contributed by atoms with Crippen LogP contribution in [-0.2, 0) is 20.7 Å². The van der Waals surface area contributed by atoms with Crippen molar-refractivity contribution >= 4 is 23.4 Å². The normalized spacial score (nSPS) is 9.94. The van der Waals surface area contributed by atoms with Crippen LogP contribution in [0.3, 0.4) is 0 Å². The van der Waals surface area contributed by atoms with E-state index in [1.54, 1.807) is 0 Å². The van der Waals surface area contributed by atoms with Crippen molar-refractivity contribution in [2.24, 2.45) is 0 Å². The Balaban J connectivity index is 2.73. The highest BCUT2D eigenvalue weighted by Gasteiger charge is 2.14. The molecule has 0 amide bonds.